The fourth-order valence-electron chi connectivity index (χ4n) is 1.55. The summed E-state index contributed by atoms with van der Waals surface area (Å²) in [5.41, 5.74) is -0.0785. The fraction of sp³-hybridized carbons (Fsp3) is 0.231. The number of amides is 1. The molecule has 0 bridgehead atoms. The molecular weight excluding hydrogens is 325 g/mol. The first kappa shape index (κ1) is 15.8. The van der Waals surface area contributed by atoms with E-state index in [9.17, 15) is 18.0 Å². The number of aromatic nitrogens is 1. The van der Waals surface area contributed by atoms with Gasteiger partial charge < -0.3 is 5.32 Å². The van der Waals surface area contributed by atoms with Gasteiger partial charge in [-0.25, -0.2) is 4.98 Å². The maximum Gasteiger partial charge on any atom is 0.434 e. The van der Waals surface area contributed by atoms with E-state index >= 15 is 0 Å². The Morgan fingerprint density at radius 1 is 1.29 bits per heavy atom. The van der Waals surface area contributed by atoms with Crippen LogP contribution in [0.2, 0.25) is 5.02 Å². The van der Waals surface area contributed by atoms with Gasteiger partial charge in [0.05, 0.1) is 0 Å². The van der Waals surface area contributed by atoms with E-state index < -0.39 is 11.9 Å². The van der Waals surface area contributed by atoms with Crippen LogP contribution in [0.1, 0.15) is 17.7 Å². The monoisotopic (exact) mass is 334 g/mol. The molecule has 0 atom stereocenters. The smallest absolute Gasteiger partial charge is 0.302 e. The van der Waals surface area contributed by atoms with Crippen molar-refractivity contribution in [1.82, 2.24) is 4.98 Å². The zero-order chi connectivity index (χ0) is 15.5. The van der Waals surface area contributed by atoms with E-state index in [1.165, 1.54) is 0 Å². The van der Waals surface area contributed by atoms with Crippen LogP contribution >= 0.6 is 22.9 Å². The van der Waals surface area contributed by atoms with Gasteiger partial charge in [0, 0.05) is 16.8 Å². The van der Waals surface area contributed by atoms with Crippen LogP contribution in [0, 0.1) is 0 Å². The molecule has 1 heterocycles. The Morgan fingerprint density at radius 2 is 1.95 bits per heavy atom. The molecule has 0 aliphatic rings. The largest absolute Gasteiger partial charge is 0.434 e. The SMILES string of the molecule is O=C(CCc1ccc(Cl)cc1)Nc1nc(C(F)(F)F)cs1. The van der Waals surface area contributed by atoms with Gasteiger partial charge in [-0.3, -0.25) is 4.79 Å². The quantitative estimate of drug-likeness (QED) is 0.901. The summed E-state index contributed by atoms with van der Waals surface area (Å²) < 4.78 is 37.1. The number of anilines is 1. The number of hydrogen-bond acceptors (Lipinski definition) is 3. The lowest BCUT2D eigenvalue weighted by atomic mass is 10.1. The molecular formula is C13H10ClF3N2OS. The minimum atomic E-state index is -4.50. The fourth-order valence-corrected chi connectivity index (χ4v) is 2.41. The number of nitrogens with one attached hydrogen (secondary N) is 1. The van der Waals surface area contributed by atoms with E-state index in [4.69, 9.17) is 11.6 Å². The molecule has 0 saturated heterocycles. The molecule has 112 valence electrons. The molecule has 8 heteroatoms. The number of aryl methyl sites for hydroxylation is 1. The summed E-state index contributed by atoms with van der Waals surface area (Å²) in [4.78, 5) is 15.0. The van der Waals surface area contributed by atoms with Crippen LogP contribution < -0.4 is 5.32 Å². The first-order valence-corrected chi connectivity index (χ1v) is 7.17. The molecule has 0 radical (unpaired) electrons. The number of alkyl halides is 3. The minimum absolute atomic E-state index is 0.0524. The molecule has 21 heavy (non-hydrogen) atoms. The van der Waals surface area contributed by atoms with Gasteiger partial charge in [0.15, 0.2) is 10.8 Å². The molecule has 1 amide bonds. The minimum Gasteiger partial charge on any atom is -0.302 e. The summed E-state index contributed by atoms with van der Waals surface area (Å²) in [6.45, 7) is 0. The number of benzene rings is 1. The van der Waals surface area contributed by atoms with Gasteiger partial charge in [0.2, 0.25) is 5.91 Å². The van der Waals surface area contributed by atoms with E-state index in [-0.39, 0.29) is 17.5 Å². The third kappa shape index (κ3) is 4.71. The molecule has 2 aromatic rings. The summed E-state index contributed by atoms with van der Waals surface area (Å²) in [6, 6.07) is 7.01. The number of halogens is 4. The molecule has 2 rings (SSSR count). The van der Waals surface area contributed by atoms with E-state index in [1.54, 1.807) is 24.3 Å². The molecule has 0 saturated carbocycles. The number of carbonyl (C=O) groups excluding carboxylic acids is 1. The van der Waals surface area contributed by atoms with E-state index in [2.05, 4.69) is 10.3 Å². The number of carbonyl (C=O) groups is 1. The van der Waals surface area contributed by atoms with E-state index in [0.717, 1.165) is 22.3 Å². The number of thiazole rings is 1. The van der Waals surface area contributed by atoms with Gasteiger partial charge in [-0.2, -0.15) is 13.2 Å². The second kappa shape index (κ2) is 6.44. The zero-order valence-corrected chi connectivity index (χ0v) is 12.1. The van der Waals surface area contributed by atoms with Crippen molar-refractivity contribution in [1.29, 1.82) is 0 Å². The molecule has 1 N–H and O–H groups in total. The van der Waals surface area contributed by atoms with Gasteiger partial charge in [0.1, 0.15) is 0 Å². The topological polar surface area (TPSA) is 42.0 Å². The summed E-state index contributed by atoms with van der Waals surface area (Å²) >= 11 is 6.49. The standard InChI is InChI=1S/C13H10ClF3N2OS/c14-9-4-1-8(2-5-9)3-6-11(20)19-12-18-10(7-21-12)13(15,16)17/h1-2,4-5,7H,3,6H2,(H,18,19,20). The summed E-state index contributed by atoms with van der Waals surface area (Å²) in [6.07, 6.45) is -3.87. The Kier molecular flexibility index (Phi) is 4.84. The molecule has 0 aliphatic carbocycles. The van der Waals surface area contributed by atoms with Crippen molar-refractivity contribution in [2.75, 3.05) is 5.32 Å². The first-order chi connectivity index (χ1) is 9.84. The lowest BCUT2D eigenvalue weighted by Gasteiger charge is -2.03. The highest BCUT2D eigenvalue weighted by Crippen LogP contribution is 2.31. The number of rotatable bonds is 4. The number of hydrogen-bond donors (Lipinski definition) is 1. The van der Waals surface area contributed by atoms with Crippen LogP contribution in [0.4, 0.5) is 18.3 Å². The van der Waals surface area contributed by atoms with Gasteiger partial charge in [0.25, 0.3) is 0 Å². The highest BCUT2D eigenvalue weighted by molar-refractivity contribution is 7.13. The van der Waals surface area contributed by atoms with Gasteiger partial charge >= 0.3 is 6.18 Å². The average molecular weight is 335 g/mol. The van der Waals surface area contributed by atoms with Crippen LogP contribution in [-0.2, 0) is 17.4 Å². The van der Waals surface area contributed by atoms with Crippen LogP contribution in [0.25, 0.3) is 0 Å². The third-order valence-electron chi connectivity index (χ3n) is 2.59. The Balaban J connectivity index is 1.87. The summed E-state index contributed by atoms with van der Waals surface area (Å²) in [7, 11) is 0. The van der Waals surface area contributed by atoms with Crippen molar-refractivity contribution in [2.45, 2.75) is 19.0 Å². The maximum absolute atomic E-state index is 12.4. The van der Waals surface area contributed by atoms with Crippen LogP contribution in [0.3, 0.4) is 0 Å². The van der Waals surface area contributed by atoms with Crippen molar-refractivity contribution in [3.05, 3.63) is 45.9 Å². The molecule has 0 aliphatic heterocycles. The lowest BCUT2D eigenvalue weighted by molar-refractivity contribution is -0.140. The normalized spacial score (nSPS) is 11.4. The van der Waals surface area contributed by atoms with Crippen molar-refractivity contribution in [3.8, 4) is 0 Å². The van der Waals surface area contributed by atoms with Crippen molar-refractivity contribution in [3.63, 3.8) is 0 Å². The van der Waals surface area contributed by atoms with Crippen molar-refractivity contribution >= 4 is 34.0 Å². The third-order valence-corrected chi connectivity index (χ3v) is 3.60. The highest BCUT2D eigenvalue weighted by Gasteiger charge is 2.33. The molecule has 1 aromatic carbocycles. The highest BCUT2D eigenvalue weighted by atomic mass is 35.5. The first-order valence-electron chi connectivity index (χ1n) is 5.91. The average Bonchev–Trinajstić information content (AvgIpc) is 2.86. The molecule has 3 nitrogen and oxygen atoms in total. The lowest BCUT2D eigenvalue weighted by Crippen LogP contribution is -2.13. The zero-order valence-electron chi connectivity index (χ0n) is 10.6. The molecule has 0 unspecified atom stereocenters. The second-order valence-electron chi connectivity index (χ2n) is 4.21. The van der Waals surface area contributed by atoms with E-state index in [0.29, 0.717) is 11.4 Å². The van der Waals surface area contributed by atoms with Gasteiger partial charge in [-0.05, 0) is 24.1 Å². The predicted molar refractivity (Wildman–Crippen MR) is 75.5 cm³/mol. The second-order valence-corrected chi connectivity index (χ2v) is 5.50. The molecule has 1 aromatic heterocycles. The van der Waals surface area contributed by atoms with E-state index in [1.807, 2.05) is 0 Å². The summed E-state index contributed by atoms with van der Waals surface area (Å²) in [5.74, 6) is -0.381. The molecule has 0 spiro atoms. The Morgan fingerprint density at radius 3 is 2.52 bits per heavy atom. The van der Waals surface area contributed by atoms with Gasteiger partial charge in [-0.15, -0.1) is 11.3 Å². The van der Waals surface area contributed by atoms with Crippen LogP contribution in [0.5, 0.6) is 0 Å². The van der Waals surface area contributed by atoms with Crippen LogP contribution in [0.15, 0.2) is 29.6 Å². The Bertz CT molecular complexity index is 625. The summed E-state index contributed by atoms with van der Waals surface area (Å²) in [5, 5.41) is 3.78. The van der Waals surface area contributed by atoms with Crippen molar-refractivity contribution in [2.24, 2.45) is 0 Å². The molecule has 0 fully saturated rings. The Hall–Kier alpha value is -1.60. The maximum atomic E-state index is 12.4. The number of nitrogens with zero attached hydrogens (tertiary/aromatic N) is 1. The van der Waals surface area contributed by atoms with Gasteiger partial charge in [-0.1, -0.05) is 23.7 Å². The van der Waals surface area contributed by atoms with Crippen molar-refractivity contribution < 1.29 is 18.0 Å². The van der Waals surface area contributed by atoms with Crippen LogP contribution in [-0.4, -0.2) is 10.9 Å². The predicted octanol–water partition coefficient (Wildman–Crippen LogP) is 4.39. The Labute approximate surface area is 127 Å².